The first-order chi connectivity index (χ1) is 19.1. The smallest absolute Gasteiger partial charge is 0.158 e. The molecular weight excluding hydrogens is 496 g/mol. The van der Waals surface area contributed by atoms with E-state index < -0.39 is 0 Å². The van der Waals surface area contributed by atoms with Gasteiger partial charge < -0.3 is 30.2 Å². The van der Waals surface area contributed by atoms with Gasteiger partial charge in [-0.05, 0) is 56.6 Å². The van der Waals surface area contributed by atoms with E-state index in [0.29, 0.717) is 34.8 Å². The SMILES string of the molecule is COc1cc(Oc2ccn3ncnc3c2)c(C)cc1Nc1ncnc2cc(OC)c(NC3CCNCC3)cc12. The summed E-state index contributed by atoms with van der Waals surface area (Å²) in [5.41, 5.74) is 4.09. The summed E-state index contributed by atoms with van der Waals surface area (Å²) in [6.07, 6.45) is 6.96. The molecule has 0 saturated carbocycles. The van der Waals surface area contributed by atoms with Crippen molar-refractivity contribution in [2.24, 2.45) is 0 Å². The maximum absolute atomic E-state index is 6.18. The summed E-state index contributed by atoms with van der Waals surface area (Å²) < 4.78 is 19.3. The van der Waals surface area contributed by atoms with Gasteiger partial charge in [0.05, 0.1) is 31.1 Å². The van der Waals surface area contributed by atoms with Crippen LogP contribution in [0.2, 0.25) is 0 Å². The topological polar surface area (TPSA) is 120 Å². The van der Waals surface area contributed by atoms with Crippen molar-refractivity contribution in [1.29, 1.82) is 0 Å². The summed E-state index contributed by atoms with van der Waals surface area (Å²) in [5.74, 6) is 3.37. The average Bonchev–Trinajstić information content (AvgIpc) is 3.43. The molecule has 0 aliphatic carbocycles. The molecule has 0 unspecified atom stereocenters. The van der Waals surface area contributed by atoms with Crippen LogP contribution in [0.5, 0.6) is 23.0 Å². The number of rotatable bonds is 8. The minimum absolute atomic E-state index is 0.374. The number of methoxy groups -OCH3 is 2. The second kappa shape index (κ2) is 10.6. The van der Waals surface area contributed by atoms with Crippen LogP contribution in [0.3, 0.4) is 0 Å². The fraction of sp³-hybridized carbons (Fsp3) is 0.286. The Morgan fingerprint density at radius 2 is 1.72 bits per heavy atom. The van der Waals surface area contributed by atoms with E-state index >= 15 is 0 Å². The summed E-state index contributed by atoms with van der Waals surface area (Å²) in [4.78, 5) is 13.3. The Morgan fingerprint density at radius 3 is 2.54 bits per heavy atom. The van der Waals surface area contributed by atoms with Crippen LogP contribution in [-0.4, -0.2) is 57.9 Å². The monoisotopic (exact) mass is 526 g/mol. The van der Waals surface area contributed by atoms with Crippen LogP contribution in [0, 0.1) is 6.92 Å². The number of aryl methyl sites for hydroxylation is 1. The highest BCUT2D eigenvalue weighted by Crippen LogP contribution is 2.39. The van der Waals surface area contributed by atoms with E-state index in [1.165, 1.54) is 6.33 Å². The molecule has 200 valence electrons. The lowest BCUT2D eigenvalue weighted by atomic mass is 10.1. The second-order valence-electron chi connectivity index (χ2n) is 9.43. The Hall–Kier alpha value is -4.64. The average molecular weight is 527 g/mol. The van der Waals surface area contributed by atoms with E-state index in [-0.39, 0.29) is 0 Å². The normalized spacial score (nSPS) is 13.9. The molecule has 1 aliphatic heterocycles. The van der Waals surface area contributed by atoms with E-state index in [0.717, 1.165) is 59.5 Å². The van der Waals surface area contributed by atoms with E-state index in [2.05, 4.69) is 42.1 Å². The highest BCUT2D eigenvalue weighted by atomic mass is 16.5. The van der Waals surface area contributed by atoms with Gasteiger partial charge >= 0.3 is 0 Å². The van der Waals surface area contributed by atoms with E-state index in [9.17, 15) is 0 Å². The van der Waals surface area contributed by atoms with Crippen LogP contribution < -0.4 is 30.2 Å². The van der Waals surface area contributed by atoms with Crippen molar-refractivity contribution in [2.45, 2.75) is 25.8 Å². The number of hydrogen-bond acceptors (Lipinski definition) is 10. The number of piperidine rings is 1. The molecule has 0 bridgehead atoms. The van der Waals surface area contributed by atoms with Gasteiger partial charge in [0, 0.05) is 35.8 Å². The highest BCUT2D eigenvalue weighted by molar-refractivity contribution is 5.95. The van der Waals surface area contributed by atoms with Crippen LogP contribution >= 0.6 is 0 Å². The summed E-state index contributed by atoms with van der Waals surface area (Å²) in [6.45, 7) is 3.98. The van der Waals surface area contributed by atoms with Crippen molar-refractivity contribution in [3.05, 3.63) is 60.8 Å². The van der Waals surface area contributed by atoms with Crippen molar-refractivity contribution in [2.75, 3.05) is 37.9 Å². The number of anilines is 3. The molecule has 1 aliphatic rings. The Bertz CT molecular complexity index is 1630. The predicted octanol–water partition coefficient (Wildman–Crippen LogP) is 4.70. The molecule has 39 heavy (non-hydrogen) atoms. The molecule has 1 saturated heterocycles. The van der Waals surface area contributed by atoms with Crippen molar-refractivity contribution < 1.29 is 14.2 Å². The Kier molecular flexibility index (Phi) is 6.72. The lowest BCUT2D eigenvalue weighted by molar-refractivity contribution is 0.410. The maximum atomic E-state index is 6.18. The van der Waals surface area contributed by atoms with Crippen molar-refractivity contribution in [1.82, 2.24) is 29.9 Å². The summed E-state index contributed by atoms with van der Waals surface area (Å²) >= 11 is 0. The molecule has 3 aromatic heterocycles. The molecule has 11 nitrogen and oxygen atoms in total. The third-order valence-corrected chi connectivity index (χ3v) is 6.89. The van der Waals surface area contributed by atoms with Gasteiger partial charge in [-0.3, -0.25) is 0 Å². The number of nitrogens with one attached hydrogen (secondary N) is 3. The first-order valence-electron chi connectivity index (χ1n) is 12.8. The van der Waals surface area contributed by atoms with Crippen LogP contribution in [0.25, 0.3) is 16.6 Å². The fourth-order valence-corrected chi connectivity index (χ4v) is 4.81. The summed E-state index contributed by atoms with van der Waals surface area (Å²) in [6, 6.07) is 11.9. The van der Waals surface area contributed by atoms with Crippen LogP contribution in [0.15, 0.2) is 55.2 Å². The largest absolute Gasteiger partial charge is 0.495 e. The Balaban J connectivity index is 1.31. The fourth-order valence-electron chi connectivity index (χ4n) is 4.81. The zero-order chi connectivity index (χ0) is 26.8. The molecule has 0 amide bonds. The summed E-state index contributed by atoms with van der Waals surface area (Å²) in [5, 5.41) is 15.5. The Labute approximate surface area is 225 Å². The van der Waals surface area contributed by atoms with Crippen LogP contribution in [0.1, 0.15) is 18.4 Å². The molecule has 0 spiro atoms. The maximum Gasteiger partial charge on any atom is 0.158 e. The number of benzene rings is 2. The van der Waals surface area contributed by atoms with Crippen molar-refractivity contribution >= 4 is 33.7 Å². The van der Waals surface area contributed by atoms with Gasteiger partial charge in [-0.1, -0.05) is 0 Å². The molecule has 0 radical (unpaired) electrons. The predicted molar refractivity (Wildman–Crippen MR) is 150 cm³/mol. The number of pyridine rings is 1. The highest BCUT2D eigenvalue weighted by Gasteiger charge is 2.18. The Morgan fingerprint density at radius 1 is 0.897 bits per heavy atom. The van der Waals surface area contributed by atoms with Crippen LogP contribution in [0.4, 0.5) is 17.2 Å². The molecule has 4 heterocycles. The molecule has 0 atom stereocenters. The first kappa shape index (κ1) is 24.7. The standard InChI is InChI=1S/C28H30N8O3/c1-17-10-22(26(38-3)14-24(17)39-19-6-9-36-27(11-19)31-16-33-36)35-28-20-12-23(34-18-4-7-29-8-5-18)25(37-2)13-21(20)30-15-32-28/h6,9-16,18,29,34H,4-5,7-8H2,1-3H3,(H,30,32,35). The third-order valence-electron chi connectivity index (χ3n) is 6.89. The number of nitrogens with zero attached hydrogens (tertiary/aromatic N) is 5. The molecule has 1 fully saturated rings. The van der Waals surface area contributed by atoms with E-state index in [1.807, 2.05) is 43.5 Å². The zero-order valence-corrected chi connectivity index (χ0v) is 22.1. The van der Waals surface area contributed by atoms with Crippen molar-refractivity contribution in [3.8, 4) is 23.0 Å². The van der Waals surface area contributed by atoms with Gasteiger partial charge in [-0.25, -0.2) is 19.5 Å². The molecule has 11 heteroatoms. The van der Waals surface area contributed by atoms with Crippen molar-refractivity contribution in [3.63, 3.8) is 0 Å². The van der Waals surface area contributed by atoms with Gasteiger partial charge in [0.25, 0.3) is 0 Å². The quantitative estimate of drug-likeness (QED) is 0.262. The lowest BCUT2D eigenvalue weighted by Crippen LogP contribution is -2.35. The molecule has 6 rings (SSSR count). The number of fused-ring (bicyclic) bond motifs is 2. The molecule has 2 aromatic carbocycles. The van der Waals surface area contributed by atoms with Gasteiger partial charge in [0.1, 0.15) is 41.5 Å². The van der Waals surface area contributed by atoms with Gasteiger partial charge in [-0.2, -0.15) is 5.10 Å². The number of aromatic nitrogens is 5. The summed E-state index contributed by atoms with van der Waals surface area (Å²) in [7, 11) is 3.31. The third kappa shape index (κ3) is 5.08. The second-order valence-corrected chi connectivity index (χ2v) is 9.43. The van der Waals surface area contributed by atoms with Gasteiger partial charge in [0.2, 0.25) is 0 Å². The lowest BCUT2D eigenvalue weighted by Gasteiger charge is -2.26. The minimum Gasteiger partial charge on any atom is -0.495 e. The number of hydrogen-bond donors (Lipinski definition) is 3. The molecular formula is C28H30N8O3. The zero-order valence-electron chi connectivity index (χ0n) is 22.1. The van der Waals surface area contributed by atoms with Crippen LogP contribution in [-0.2, 0) is 0 Å². The molecule has 3 N–H and O–H groups in total. The van der Waals surface area contributed by atoms with Gasteiger partial charge in [0.15, 0.2) is 5.65 Å². The number of ether oxygens (including phenoxy) is 3. The van der Waals surface area contributed by atoms with E-state index in [1.54, 1.807) is 25.1 Å². The van der Waals surface area contributed by atoms with Gasteiger partial charge in [-0.15, -0.1) is 0 Å². The molecule has 5 aromatic rings. The minimum atomic E-state index is 0.374. The van der Waals surface area contributed by atoms with E-state index in [4.69, 9.17) is 14.2 Å². The first-order valence-corrected chi connectivity index (χ1v) is 12.8.